The first-order valence-corrected chi connectivity index (χ1v) is 6.55. The Morgan fingerprint density at radius 3 is 1.80 bits per heavy atom. The maximum absolute atomic E-state index is 13.0. The van der Waals surface area contributed by atoms with E-state index in [9.17, 15) is 31.1 Å². The molecule has 10 heteroatoms. The highest BCUT2D eigenvalue weighted by Crippen LogP contribution is 2.38. The predicted molar refractivity (Wildman–Crippen MR) is 76.7 cm³/mol. The lowest BCUT2D eigenvalue weighted by atomic mass is 10.1. The number of anilines is 2. The molecule has 0 aliphatic carbocycles. The van der Waals surface area contributed by atoms with Gasteiger partial charge in [0.05, 0.1) is 11.1 Å². The SMILES string of the molecule is Nc1ccc(OC(=O)c2ccc(N)cc2C(F)(F)F)c(C(F)(F)F)c1. The second-order valence-electron chi connectivity index (χ2n) is 4.95. The Kier molecular flexibility index (Phi) is 4.56. The standard InChI is InChI=1S/C15H10F6N2O2/c16-14(17,18)10-5-7(22)1-3-9(10)13(24)25-12-4-2-8(23)6-11(12)15(19,20)21/h1-6H,22-23H2. The second kappa shape index (κ2) is 6.19. The summed E-state index contributed by atoms with van der Waals surface area (Å²) in [5.41, 5.74) is 6.23. The number of nitrogens with two attached hydrogens (primary N) is 2. The highest BCUT2D eigenvalue weighted by Gasteiger charge is 2.38. The van der Waals surface area contributed by atoms with Gasteiger partial charge in [0.2, 0.25) is 0 Å². The van der Waals surface area contributed by atoms with Gasteiger partial charge in [0.1, 0.15) is 11.3 Å². The Labute approximate surface area is 137 Å². The van der Waals surface area contributed by atoms with Crippen LogP contribution in [0.5, 0.6) is 5.75 Å². The van der Waals surface area contributed by atoms with Crippen LogP contribution < -0.4 is 16.2 Å². The van der Waals surface area contributed by atoms with Crippen molar-refractivity contribution in [2.75, 3.05) is 11.5 Å². The normalized spacial score (nSPS) is 12.1. The highest BCUT2D eigenvalue weighted by molar-refractivity contribution is 5.93. The number of nitrogen functional groups attached to an aromatic ring is 2. The number of hydrogen-bond donors (Lipinski definition) is 2. The van der Waals surface area contributed by atoms with Gasteiger partial charge < -0.3 is 16.2 Å². The van der Waals surface area contributed by atoms with E-state index in [1.165, 1.54) is 0 Å². The van der Waals surface area contributed by atoms with E-state index in [1.54, 1.807) is 0 Å². The van der Waals surface area contributed by atoms with Crippen LogP contribution in [0.25, 0.3) is 0 Å². The summed E-state index contributed by atoms with van der Waals surface area (Å²) in [5, 5.41) is 0. The van der Waals surface area contributed by atoms with Gasteiger partial charge in [-0.15, -0.1) is 0 Å². The largest absolute Gasteiger partial charge is 0.422 e. The molecular formula is C15H10F6N2O2. The van der Waals surface area contributed by atoms with Crippen molar-refractivity contribution in [1.29, 1.82) is 0 Å². The molecule has 4 nitrogen and oxygen atoms in total. The van der Waals surface area contributed by atoms with Crippen molar-refractivity contribution in [3.8, 4) is 5.75 Å². The van der Waals surface area contributed by atoms with E-state index in [-0.39, 0.29) is 11.4 Å². The van der Waals surface area contributed by atoms with Gasteiger partial charge in [-0.05, 0) is 36.4 Å². The third-order valence-corrected chi connectivity index (χ3v) is 3.08. The van der Waals surface area contributed by atoms with E-state index in [0.717, 1.165) is 24.3 Å². The zero-order chi connectivity index (χ0) is 19.0. The molecule has 0 aromatic heterocycles. The van der Waals surface area contributed by atoms with Gasteiger partial charge in [-0.25, -0.2) is 4.79 Å². The molecule has 0 amide bonds. The van der Waals surface area contributed by atoms with Crippen molar-refractivity contribution >= 4 is 17.3 Å². The maximum atomic E-state index is 13.0. The minimum atomic E-state index is -4.95. The zero-order valence-electron chi connectivity index (χ0n) is 12.2. The van der Waals surface area contributed by atoms with Crippen LogP contribution in [-0.2, 0) is 12.4 Å². The van der Waals surface area contributed by atoms with Gasteiger partial charge in [0.15, 0.2) is 0 Å². The summed E-state index contributed by atoms with van der Waals surface area (Å²) in [6, 6.07) is 4.50. The smallest absolute Gasteiger partial charge is 0.420 e. The van der Waals surface area contributed by atoms with Crippen LogP contribution in [0.1, 0.15) is 21.5 Å². The second-order valence-corrected chi connectivity index (χ2v) is 4.95. The lowest BCUT2D eigenvalue weighted by Gasteiger charge is -2.16. The lowest BCUT2D eigenvalue weighted by molar-refractivity contribution is -0.139. The summed E-state index contributed by atoms with van der Waals surface area (Å²) in [6.45, 7) is 0. The fourth-order valence-electron chi connectivity index (χ4n) is 1.99. The van der Waals surface area contributed by atoms with Crippen molar-refractivity contribution in [3.05, 3.63) is 53.1 Å². The number of carbonyl (C=O) groups excluding carboxylic acids is 1. The Balaban J connectivity index is 2.46. The first-order chi connectivity index (χ1) is 11.4. The molecule has 2 aromatic carbocycles. The third kappa shape index (κ3) is 4.14. The fraction of sp³-hybridized carbons (Fsp3) is 0.133. The molecule has 2 rings (SSSR count). The van der Waals surface area contributed by atoms with Crippen molar-refractivity contribution in [2.45, 2.75) is 12.4 Å². The fourth-order valence-corrected chi connectivity index (χ4v) is 1.99. The number of alkyl halides is 6. The van der Waals surface area contributed by atoms with Crippen LogP contribution in [0.3, 0.4) is 0 Å². The summed E-state index contributed by atoms with van der Waals surface area (Å²) in [4.78, 5) is 12.0. The Hall–Kier alpha value is -2.91. The van der Waals surface area contributed by atoms with E-state index in [0.29, 0.717) is 12.1 Å². The third-order valence-electron chi connectivity index (χ3n) is 3.08. The molecule has 0 atom stereocenters. The topological polar surface area (TPSA) is 78.3 Å². The van der Waals surface area contributed by atoms with E-state index < -0.39 is 40.8 Å². The molecule has 0 aliphatic heterocycles. The van der Waals surface area contributed by atoms with Gasteiger partial charge in [-0.3, -0.25) is 0 Å². The molecule has 0 unspecified atom stereocenters. The number of benzene rings is 2. The predicted octanol–water partition coefficient (Wildman–Crippen LogP) is 4.11. The Bertz CT molecular complexity index is 815. The van der Waals surface area contributed by atoms with Gasteiger partial charge in [0.25, 0.3) is 0 Å². The first kappa shape index (κ1) is 18.4. The number of carbonyl (C=O) groups is 1. The molecule has 0 radical (unpaired) electrons. The minimum absolute atomic E-state index is 0.254. The van der Waals surface area contributed by atoms with Gasteiger partial charge in [-0.2, -0.15) is 26.3 Å². The van der Waals surface area contributed by atoms with Gasteiger partial charge >= 0.3 is 18.3 Å². The summed E-state index contributed by atoms with van der Waals surface area (Å²) in [6.07, 6.45) is -9.86. The van der Waals surface area contributed by atoms with Gasteiger partial charge in [-0.1, -0.05) is 0 Å². The number of hydrogen-bond acceptors (Lipinski definition) is 4. The number of rotatable bonds is 2. The van der Waals surface area contributed by atoms with E-state index >= 15 is 0 Å². The van der Waals surface area contributed by atoms with Crippen molar-refractivity contribution in [2.24, 2.45) is 0 Å². The van der Waals surface area contributed by atoms with E-state index in [2.05, 4.69) is 4.74 Å². The average molecular weight is 364 g/mol. The Morgan fingerprint density at radius 1 is 0.800 bits per heavy atom. The molecule has 0 bridgehead atoms. The van der Waals surface area contributed by atoms with Crippen LogP contribution in [-0.4, -0.2) is 5.97 Å². The van der Waals surface area contributed by atoms with Crippen molar-refractivity contribution in [3.63, 3.8) is 0 Å². The highest BCUT2D eigenvalue weighted by atomic mass is 19.4. The summed E-state index contributed by atoms with van der Waals surface area (Å²) >= 11 is 0. The molecule has 0 spiro atoms. The van der Waals surface area contributed by atoms with Crippen molar-refractivity contribution in [1.82, 2.24) is 0 Å². The van der Waals surface area contributed by atoms with E-state index in [1.807, 2.05) is 0 Å². The molecule has 0 saturated carbocycles. The van der Waals surface area contributed by atoms with E-state index in [4.69, 9.17) is 11.5 Å². The van der Waals surface area contributed by atoms with Crippen LogP contribution >= 0.6 is 0 Å². The van der Waals surface area contributed by atoms with Crippen molar-refractivity contribution < 1.29 is 35.9 Å². The van der Waals surface area contributed by atoms with Crippen LogP contribution in [0.2, 0.25) is 0 Å². The van der Waals surface area contributed by atoms with Crippen LogP contribution in [0.4, 0.5) is 37.7 Å². The molecule has 2 aromatic rings. The maximum Gasteiger partial charge on any atom is 0.420 e. The monoisotopic (exact) mass is 364 g/mol. The first-order valence-electron chi connectivity index (χ1n) is 6.55. The molecule has 4 N–H and O–H groups in total. The summed E-state index contributed by atoms with van der Waals surface area (Å²) in [7, 11) is 0. The molecule has 0 fully saturated rings. The summed E-state index contributed by atoms with van der Waals surface area (Å²) in [5.74, 6) is -2.57. The number of esters is 1. The lowest BCUT2D eigenvalue weighted by Crippen LogP contribution is -2.19. The average Bonchev–Trinajstić information content (AvgIpc) is 2.47. The van der Waals surface area contributed by atoms with Crippen LogP contribution in [0.15, 0.2) is 36.4 Å². The van der Waals surface area contributed by atoms with Gasteiger partial charge in [0, 0.05) is 11.4 Å². The molecule has 0 aliphatic rings. The molecule has 134 valence electrons. The minimum Gasteiger partial charge on any atom is -0.422 e. The molecule has 25 heavy (non-hydrogen) atoms. The number of ether oxygens (including phenoxy) is 1. The quantitative estimate of drug-likeness (QED) is 0.364. The Morgan fingerprint density at radius 2 is 1.28 bits per heavy atom. The molecule has 0 saturated heterocycles. The van der Waals surface area contributed by atoms with Crippen LogP contribution in [0, 0.1) is 0 Å². The molecule has 0 heterocycles. The number of halogens is 6. The summed E-state index contributed by atoms with van der Waals surface area (Å²) < 4.78 is 82.4. The zero-order valence-corrected chi connectivity index (χ0v) is 12.2. The molecular weight excluding hydrogens is 354 g/mol.